The number of amides is 1. The number of hydrogen-bond acceptors (Lipinski definition) is 2. The number of H-pyrrole nitrogens is 1. The van der Waals surface area contributed by atoms with E-state index in [1.807, 2.05) is 19.9 Å². The lowest BCUT2D eigenvalue weighted by Gasteiger charge is -2.32. The van der Waals surface area contributed by atoms with Crippen LogP contribution < -0.4 is 5.32 Å². The minimum absolute atomic E-state index is 0.00609. The van der Waals surface area contributed by atoms with Crippen molar-refractivity contribution in [3.8, 4) is 0 Å². The molecule has 1 aromatic heterocycles. The van der Waals surface area contributed by atoms with Crippen LogP contribution in [0.25, 0.3) is 10.9 Å². The summed E-state index contributed by atoms with van der Waals surface area (Å²) in [4.78, 5) is 18.0. The van der Waals surface area contributed by atoms with Crippen molar-refractivity contribution in [2.45, 2.75) is 58.8 Å². The SMILES string of the molecule is CCCCCN1CCC(c2c[nH]c3ccc(NC(=O)C(C)C)cc23)CC1. The smallest absolute Gasteiger partial charge is 0.226 e. The average Bonchev–Trinajstić information content (AvgIpc) is 3.05. The van der Waals surface area contributed by atoms with Crippen molar-refractivity contribution in [1.29, 1.82) is 0 Å². The predicted octanol–water partition coefficient (Wildman–Crippen LogP) is 5.13. The molecule has 0 aliphatic carbocycles. The molecule has 0 saturated carbocycles. The number of unbranched alkanes of at least 4 members (excludes halogenated alkanes) is 2. The molecule has 0 atom stereocenters. The molecule has 1 aliphatic heterocycles. The van der Waals surface area contributed by atoms with Crippen molar-refractivity contribution in [2.75, 3.05) is 25.0 Å². The summed E-state index contributed by atoms with van der Waals surface area (Å²) in [6.45, 7) is 9.75. The lowest BCUT2D eigenvalue weighted by atomic mass is 9.89. The Kier molecular flexibility index (Phi) is 6.36. The molecule has 1 fully saturated rings. The van der Waals surface area contributed by atoms with Crippen LogP contribution in [0.5, 0.6) is 0 Å². The normalized spacial score (nSPS) is 16.5. The molecule has 142 valence electrons. The van der Waals surface area contributed by atoms with E-state index in [2.05, 4.69) is 40.5 Å². The molecular formula is C22H33N3O. The van der Waals surface area contributed by atoms with Crippen LogP contribution in [0.15, 0.2) is 24.4 Å². The van der Waals surface area contributed by atoms with E-state index in [1.165, 1.54) is 62.7 Å². The number of anilines is 1. The number of carbonyl (C=O) groups excluding carboxylic acids is 1. The van der Waals surface area contributed by atoms with Crippen LogP contribution in [0.1, 0.15) is 64.4 Å². The Morgan fingerprint density at radius 3 is 2.73 bits per heavy atom. The van der Waals surface area contributed by atoms with Gasteiger partial charge in [-0.15, -0.1) is 0 Å². The first-order valence-electron chi connectivity index (χ1n) is 10.2. The standard InChI is InChI=1S/C22H33N3O/c1-4-5-6-11-25-12-9-17(10-13-25)20-15-23-21-8-7-18(14-19(20)21)24-22(26)16(2)3/h7-8,14-17,23H,4-6,9-13H2,1-3H3,(H,24,26). The Morgan fingerprint density at radius 2 is 2.04 bits per heavy atom. The zero-order valence-electron chi connectivity index (χ0n) is 16.5. The molecule has 0 unspecified atom stereocenters. The molecule has 1 amide bonds. The van der Waals surface area contributed by atoms with E-state index in [0.29, 0.717) is 5.92 Å². The van der Waals surface area contributed by atoms with Crippen molar-refractivity contribution in [3.05, 3.63) is 30.0 Å². The van der Waals surface area contributed by atoms with Gasteiger partial charge in [0.05, 0.1) is 0 Å². The van der Waals surface area contributed by atoms with Gasteiger partial charge in [0.2, 0.25) is 5.91 Å². The molecule has 0 bridgehead atoms. The van der Waals surface area contributed by atoms with E-state index < -0.39 is 0 Å². The molecule has 4 heteroatoms. The van der Waals surface area contributed by atoms with E-state index in [1.54, 1.807) is 0 Å². The van der Waals surface area contributed by atoms with Gasteiger partial charge < -0.3 is 15.2 Å². The van der Waals surface area contributed by atoms with Gasteiger partial charge in [-0.2, -0.15) is 0 Å². The highest BCUT2D eigenvalue weighted by molar-refractivity contribution is 5.95. The molecule has 26 heavy (non-hydrogen) atoms. The Balaban J connectivity index is 1.67. The third kappa shape index (κ3) is 4.47. The lowest BCUT2D eigenvalue weighted by Crippen LogP contribution is -2.33. The van der Waals surface area contributed by atoms with E-state index in [9.17, 15) is 4.79 Å². The molecule has 1 saturated heterocycles. The van der Waals surface area contributed by atoms with Gasteiger partial charge in [-0.05, 0) is 68.6 Å². The largest absolute Gasteiger partial charge is 0.361 e. The molecule has 3 rings (SSSR count). The van der Waals surface area contributed by atoms with Crippen molar-refractivity contribution in [1.82, 2.24) is 9.88 Å². The number of aromatic nitrogens is 1. The highest BCUT2D eigenvalue weighted by Crippen LogP contribution is 2.34. The molecule has 2 aromatic rings. The third-order valence-corrected chi connectivity index (χ3v) is 5.61. The maximum Gasteiger partial charge on any atom is 0.226 e. The van der Waals surface area contributed by atoms with E-state index in [0.717, 1.165) is 11.2 Å². The lowest BCUT2D eigenvalue weighted by molar-refractivity contribution is -0.118. The number of aromatic amines is 1. The summed E-state index contributed by atoms with van der Waals surface area (Å²) in [5.41, 5.74) is 3.47. The molecule has 4 nitrogen and oxygen atoms in total. The van der Waals surface area contributed by atoms with Gasteiger partial charge in [0.25, 0.3) is 0 Å². The number of nitrogens with zero attached hydrogens (tertiary/aromatic N) is 1. The summed E-state index contributed by atoms with van der Waals surface area (Å²) in [5, 5.41) is 4.29. The Hall–Kier alpha value is -1.81. The van der Waals surface area contributed by atoms with E-state index in [-0.39, 0.29) is 11.8 Å². The third-order valence-electron chi connectivity index (χ3n) is 5.61. The topological polar surface area (TPSA) is 48.1 Å². The van der Waals surface area contributed by atoms with Crippen LogP contribution >= 0.6 is 0 Å². The minimum atomic E-state index is -0.00609. The zero-order valence-corrected chi connectivity index (χ0v) is 16.5. The van der Waals surface area contributed by atoms with Crippen LogP contribution in [-0.2, 0) is 4.79 Å². The second kappa shape index (κ2) is 8.72. The summed E-state index contributed by atoms with van der Waals surface area (Å²) >= 11 is 0. The fourth-order valence-corrected chi connectivity index (χ4v) is 3.90. The van der Waals surface area contributed by atoms with Crippen LogP contribution in [-0.4, -0.2) is 35.4 Å². The fourth-order valence-electron chi connectivity index (χ4n) is 3.90. The van der Waals surface area contributed by atoms with Gasteiger partial charge in [0, 0.05) is 28.7 Å². The highest BCUT2D eigenvalue weighted by atomic mass is 16.1. The molecular weight excluding hydrogens is 322 g/mol. The van der Waals surface area contributed by atoms with Crippen molar-refractivity contribution in [2.24, 2.45) is 5.92 Å². The monoisotopic (exact) mass is 355 g/mol. The average molecular weight is 356 g/mol. The minimum Gasteiger partial charge on any atom is -0.361 e. The summed E-state index contributed by atoms with van der Waals surface area (Å²) in [6, 6.07) is 6.20. The highest BCUT2D eigenvalue weighted by Gasteiger charge is 2.22. The first-order chi connectivity index (χ1) is 12.6. The number of carbonyl (C=O) groups is 1. The number of piperidine rings is 1. The predicted molar refractivity (Wildman–Crippen MR) is 110 cm³/mol. The van der Waals surface area contributed by atoms with Gasteiger partial charge >= 0.3 is 0 Å². The molecule has 2 heterocycles. The number of likely N-dealkylation sites (tertiary alicyclic amines) is 1. The van der Waals surface area contributed by atoms with Crippen molar-refractivity contribution < 1.29 is 4.79 Å². The number of benzene rings is 1. The molecule has 1 aromatic carbocycles. The van der Waals surface area contributed by atoms with E-state index >= 15 is 0 Å². The molecule has 0 spiro atoms. The first-order valence-corrected chi connectivity index (χ1v) is 10.2. The Morgan fingerprint density at radius 1 is 1.27 bits per heavy atom. The van der Waals surface area contributed by atoms with Gasteiger partial charge in [-0.1, -0.05) is 33.6 Å². The Bertz CT molecular complexity index is 726. The number of hydrogen-bond donors (Lipinski definition) is 2. The summed E-state index contributed by atoms with van der Waals surface area (Å²) in [6.07, 6.45) is 8.58. The second-order valence-corrected chi connectivity index (χ2v) is 7.97. The maximum atomic E-state index is 12.0. The zero-order chi connectivity index (χ0) is 18.5. The quantitative estimate of drug-likeness (QED) is 0.676. The molecule has 0 radical (unpaired) electrons. The van der Waals surface area contributed by atoms with Crippen LogP contribution in [0, 0.1) is 5.92 Å². The second-order valence-electron chi connectivity index (χ2n) is 7.97. The first kappa shape index (κ1) is 19.0. The van der Waals surface area contributed by atoms with Crippen molar-refractivity contribution >= 4 is 22.5 Å². The summed E-state index contributed by atoms with van der Waals surface area (Å²) < 4.78 is 0. The summed E-state index contributed by atoms with van der Waals surface area (Å²) in [7, 11) is 0. The number of fused-ring (bicyclic) bond motifs is 1. The molecule has 2 N–H and O–H groups in total. The number of nitrogens with one attached hydrogen (secondary N) is 2. The van der Waals surface area contributed by atoms with Crippen LogP contribution in [0.4, 0.5) is 5.69 Å². The maximum absolute atomic E-state index is 12.0. The van der Waals surface area contributed by atoms with Gasteiger partial charge in [-0.3, -0.25) is 4.79 Å². The fraction of sp³-hybridized carbons (Fsp3) is 0.591. The molecule has 1 aliphatic rings. The number of rotatable bonds is 7. The summed E-state index contributed by atoms with van der Waals surface area (Å²) in [5.74, 6) is 0.678. The van der Waals surface area contributed by atoms with Gasteiger partial charge in [0.1, 0.15) is 0 Å². The van der Waals surface area contributed by atoms with Crippen LogP contribution in [0.3, 0.4) is 0 Å². The van der Waals surface area contributed by atoms with Gasteiger partial charge in [-0.25, -0.2) is 0 Å². The van der Waals surface area contributed by atoms with E-state index in [4.69, 9.17) is 0 Å². The van der Waals surface area contributed by atoms with Crippen LogP contribution in [0.2, 0.25) is 0 Å². The van der Waals surface area contributed by atoms with Crippen molar-refractivity contribution in [3.63, 3.8) is 0 Å². The Labute approximate surface area is 157 Å². The van der Waals surface area contributed by atoms with Gasteiger partial charge in [0.15, 0.2) is 0 Å².